The Morgan fingerprint density at radius 1 is 1.06 bits per heavy atom. The second-order valence-electron chi connectivity index (χ2n) is 8.16. The molecule has 0 aromatic heterocycles. The van der Waals surface area contributed by atoms with E-state index in [0.29, 0.717) is 19.3 Å². The molecule has 7 heteroatoms. The Balaban J connectivity index is 1.91. The number of ether oxygens (including phenoxy) is 1. The van der Waals surface area contributed by atoms with Crippen LogP contribution in [0, 0.1) is 0 Å². The molecule has 1 aliphatic rings. The summed E-state index contributed by atoms with van der Waals surface area (Å²) < 4.78 is 6.40. The Bertz CT molecular complexity index is 858. The van der Waals surface area contributed by atoms with E-state index in [1.165, 1.54) is 0 Å². The molecule has 3 rings (SSSR count). The lowest BCUT2D eigenvalue weighted by atomic mass is 9.78. The zero-order valence-corrected chi connectivity index (χ0v) is 18.2. The zero-order chi connectivity index (χ0) is 23.0. The van der Waals surface area contributed by atoms with Gasteiger partial charge in [-0.05, 0) is 37.3 Å². The molecule has 2 aromatic carbocycles. The molecule has 0 aliphatic carbocycles. The minimum absolute atomic E-state index is 0.165. The lowest BCUT2D eigenvalue weighted by Gasteiger charge is -2.46. The largest absolute Gasteiger partial charge is 0.481 e. The molecule has 3 atom stereocenters. The highest BCUT2D eigenvalue weighted by Gasteiger charge is 2.44. The number of aldehydes is 1. The number of hydrogen-bond donors (Lipinski definition) is 3. The van der Waals surface area contributed by atoms with Crippen molar-refractivity contribution < 1.29 is 24.2 Å². The molecule has 170 valence electrons. The van der Waals surface area contributed by atoms with Gasteiger partial charge in [0.15, 0.2) is 0 Å². The van der Waals surface area contributed by atoms with Gasteiger partial charge < -0.3 is 20.0 Å². The highest BCUT2D eigenvalue weighted by Crippen LogP contribution is 2.41. The van der Waals surface area contributed by atoms with Crippen molar-refractivity contribution in [2.75, 3.05) is 6.61 Å². The van der Waals surface area contributed by atoms with Crippen LogP contribution in [0.2, 0.25) is 0 Å². The fourth-order valence-corrected chi connectivity index (χ4v) is 4.32. The summed E-state index contributed by atoms with van der Waals surface area (Å²) in [6.07, 6.45) is 2.56. The van der Waals surface area contributed by atoms with E-state index >= 15 is 0 Å². The lowest BCUT2D eigenvalue weighted by Crippen LogP contribution is -2.61. The first-order chi connectivity index (χ1) is 15.4. The molecule has 1 unspecified atom stereocenters. The monoisotopic (exact) mass is 438 g/mol. The SMILES string of the molecule is C[C@H](NC1(C(c2ccccc2)c2ccccc2)CCCCO1)C(=O)N[C@H](C=O)CC(=O)O. The van der Waals surface area contributed by atoms with Crippen LogP contribution in [-0.2, 0) is 19.1 Å². The number of carbonyl (C=O) groups is 3. The van der Waals surface area contributed by atoms with E-state index in [0.717, 1.165) is 24.0 Å². The Labute approximate surface area is 188 Å². The van der Waals surface area contributed by atoms with Gasteiger partial charge in [-0.25, -0.2) is 0 Å². The number of hydrogen-bond acceptors (Lipinski definition) is 5. The topological polar surface area (TPSA) is 105 Å². The Morgan fingerprint density at radius 2 is 1.66 bits per heavy atom. The maximum Gasteiger partial charge on any atom is 0.305 e. The molecule has 7 nitrogen and oxygen atoms in total. The van der Waals surface area contributed by atoms with E-state index < -0.39 is 36.1 Å². The van der Waals surface area contributed by atoms with Crippen LogP contribution in [0.15, 0.2) is 60.7 Å². The third-order valence-electron chi connectivity index (χ3n) is 5.77. The van der Waals surface area contributed by atoms with Gasteiger partial charge in [-0.2, -0.15) is 0 Å². The van der Waals surface area contributed by atoms with Crippen LogP contribution >= 0.6 is 0 Å². The van der Waals surface area contributed by atoms with Crippen LogP contribution in [0.25, 0.3) is 0 Å². The molecule has 2 aromatic rings. The molecule has 1 amide bonds. The Morgan fingerprint density at radius 3 is 2.12 bits per heavy atom. The van der Waals surface area contributed by atoms with E-state index in [1.807, 2.05) is 36.4 Å². The second-order valence-corrected chi connectivity index (χ2v) is 8.16. The van der Waals surface area contributed by atoms with Gasteiger partial charge in [0.2, 0.25) is 5.91 Å². The minimum Gasteiger partial charge on any atom is -0.481 e. The van der Waals surface area contributed by atoms with Crippen molar-refractivity contribution in [1.29, 1.82) is 0 Å². The first kappa shape index (κ1) is 23.6. The summed E-state index contributed by atoms with van der Waals surface area (Å²) in [6.45, 7) is 2.26. The number of nitrogens with one attached hydrogen (secondary N) is 2. The van der Waals surface area contributed by atoms with Crippen LogP contribution in [0.3, 0.4) is 0 Å². The fraction of sp³-hybridized carbons (Fsp3) is 0.400. The normalized spacial score (nSPS) is 20.3. The van der Waals surface area contributed by atoms with Gasteiger partial charge in [-0.3, -0.25) is 14.9 Å². The summed E-state index contributed by atoms with van der Waals surface area (Å²) in [5.74, 6) is -1.76. The highest BCUT2D eigenvalue weighted by molar-refractivity contribution is 5.85. The molecule has 0 radical (unpaired) electrons. The van der Waals surface area contributed by atoms with Crippen molar-refractivity contribution >= 4 is 18.2 Å². The number of carbonyl (C=O) groups excluding carboxylic acids is 2. The highest BCUT2D eigenvalue weighted by atomic mass is 16.5. The molecule has 32 heavy (non-hydrogen) atoms. The number of amides is 1. The van der Waals surface area contributed by atoms with Crippen molar-refractivity contribution in [3.05, 3.63) is 71.8 Å². The summed E-state index contributed by atoms with van der Waals surface area (Å²) in [6, 6.07) is 18.3. The quantitative estimate of drug-likeness (QED) is 0.493. The van der Waals surface area contributed by atoms with Crippen molar-refractivity contribution in [3.8, 4) is 0 Å². The van der Waals surface area contributed by atoms with Gasteiger partial charge in [0.05, 0.1) is 24.4 Å². The van der Waals surface area contributed by atoms with Crippen molar-refractivity contribution in [3.63, 3.8) is 0 Å². The molecule has 0 saturated carbocycles. The van der Waals surface area contributed by atoms with E-state index in [2.05, 4.69) is 34.9 Å². The van der Waals surface area contributed by atoms with Gasteiger partial charge in [-0.15, -0.1) is 0 Å². The third kappa shape index (κ3) is 5.81. The third-order valence-corrected chi connectivity index (χ3v) is 5.77. The molecule has 0 bridgehead atoms. The number of carboxylic acids is 1. The summed E-state index contributed by atoms with van der Waals surface area (Å²) in [5, 5.41) is 14.9. The van der Waals surface area contributed by atoms with E-state index in [9.17, 15) is 14.4 Å². The molecule has 0 spiro atoms. The molecule has 1 heterocycles. The average molecular weight is 439 g/mol. The smallest absolute Gasteiger partial charge is 0.305 e. The summed E-state index contributed by atoms with van der Waals surface area (Å²) in [7, 11) is 0. The molecule has 3 N–H and O–H groups in total. The van der Waals surface area contributed by atoms with Gasteiger partial charge in [0.1, 0.15) is 12.0 Å². The predicted octanol–water partition coefficient (Wildman–Crippen LogP) is 2.85. The summed E-state index contributed by atoms with van der Waals surface area (Å²) in [4.78, 5) is 35.0. The van der Waals surface area contributed by atoms with Crippen molar-refractivity contribution in [2.24, 2.45) is 0 Å². The van der Waals surface area contributed by atoms with Gasteiger partial charge in [-0.1, -0.05) is 60.7 Å². The standard InChI is InChI=1S/C25H30N2O5/c1-18(24(31)26-21(17-28)16-22(29)30)27-25(14-8-9-15-32-25)23(19-10-4-2-5-11-19)20-12-6-3-7-13-20/h2-7,10-13,17-18,21,23,27H,8-9,14-16H2,1H3,(H,26,31)(H,29,30)/t18-,21-,25?/m0/s1. The Hall–Kier alpha value is -3.03. The van der Waals surface area contributed by atoms with Crippen LogP contribution in [0.4, 0.5) is 0 Å². The lowest BCUT2D eigenvalue weighted by molar-refractivity contribution is -0.140. The predicted molar refractivity (Wildman–Crippen MR) is 120 cm³/mol. The molecule has 1 saturated heterocycles. The Kier molecular flexibility index (Phi) is 8.14. The van der Waals surface area contributed by atoms with Crippen LogP contribution in [-0.4, -0.2) is 47.7 Å². The first-order valence-electron chi connectivity index (χ1n) is 10.9. The van der Waals surface area contributed by atoms with Gasteiger partial charge in [0.25, 0.3) is 0 Å². The van der Waals surface area contributed by atoms with Crippen LogP contribution in [0.1, 0.15) is 49.7 Å². The number of benzene rings is 2. The number of carboxylic acid groups (broad SMARTS) is 1. The van der Waals surface area contributed by atoms with E-state index in [4.69, 9.17) is 9.84 Å². The average Bonchev–Trinajstić information content (AvgIpc) is 2.80. The van der Waals surface area contributed by atoms with Crippen LogP contribution < -0.4 is 10.6 Å². The first-order valence-corrected chi connectivity index (χ1v) is 10.9. The second kappa shape index (κ2) is 11.0. The number of rotatable bonds is 10. The minimum atomic E-state index is -1.15. The summed E-state index contributed by atoms with van der Waals surface area (Å²) in [5.41, 5.74) is 1.30. The molecule has 1 fully saturated rings. The van der Waals surface area contributed by atoms with Crippen molar-refractivity contribution in [1.82, 2.24) is 10.6 Å². The fourth-order valence-electron chi connectivity index (χ4n) is 4.32. The number of aliphatic carboxylic acids is 1. The molecular formula is C25H30N2O5. The van der Waals surface area contributed by atoms with Crippen molar-refractivity contribution in [2.45, 2.75) is 56.3 Å². The molecule has 1 aliphatic heterocycles. The van der Waals surface area contributed by atoms with E-state index in [-0.39, 0.29) is 5.92 Å². The maximum atomic E-state index is 12.8. The maximum absolute atomic E-state index is 12.8. The van der Waals surface area contributed by atoms with Crippen LogP contribution in [0.5, 0.6) is 0 Å². The summed E-state index contributed by atoms with van der Waals surface area (Å²) >= 11 is 0. The van der Waals surface area contributed by atoms with Gasteiger partial charge >= 0.3 is 5.97 Å². The van der Waals surface area contributed by atoms with Gasteiger partial charge in [0, 0.05) is 6.61 Å². The van der Waals surface area contributed by atoms with E-state index in [1.54, 1.807) is 6.92 Å². The molecular weight excluding hydrogens is 408 g/mol. The zero-order valence-electron chi connectivity index (χ0n) is 18.2.